The van der Waals surface area contributed by atoms with Crippen LogP contribution in [0, 0.1) is 5.92 Å². The van der Waals surface area contributed by atoms with E-state index in [1.54, 1.807) is 0 Å². The molecule has 1 fully saturated rings. The molecule has 0 bridgehead atoms. The number of carbonyl (C=O) groups excluding carboxylic acids is 1. The smallest absolute Gasteiger partial charge is 0.220 e. The van der Waals surface area contributed by atoms with Crippen LogP contribution in [-0.2, 0) is 9.53 Å². The predicted molar refractivity (Wildman–Crippen MR) is 99.9 cm³/mol. The Morgan fingerprint density at radius 1 is 1.12 bits per heavy atom. The minimum absolute atomic E-state index is 0.104. The lowest BCUT2D eigenvalue weighted by molar-refractivity contribution is -0.121. The second kappa shape index (κ2) is 9.24. The Labute approximate surface area is 155 Å². The summed E-state index contributed by atoms with van der Waals surface area (Å²) in [5, 5.41) is 3.07. The number of nitrogens with zero attached hydrogens (tertiary/aromatic N) is 1. The molecule has 0 spiro atoms. The Bertz CT molecular complexity index is 599. The SMILES string of the molecule is CC(C)C(CC(=O)NCCN1CCOCC1)c1ccc2c(c1)OCCO2. The fourth-order valence-corrected chi connectivity index (χ4v) is 3.48. The van der Waals surface area contributed by atoms with Crippen molar-refractivity contribution in [3.05, 3.63) is 23.8 Å². The predicted octanol–water partition coefficient (Wildman–Crippen LogP) is 2.04. The van der Waals surface area contributed by atoms with Gasteiger partial charge >= 0.3 is 0 Å². The summed E-state index contributed by atoms with van der Waals surface area (Å²) < 4.78 is 16.6. The lowest BCUT2D eigenvalue weighted by Gasteiger charge is -2.27. The van der Waals surface area contributed by atoms with Crippen LogP contribution in [0.15, 0.2) is 18.2 Å². The summed E-state index contributed by atoms with van der Waals surface area (Å²) in [5.74, 6) is 2.20. The molecule has 1 N–H and O–H groups in total. The standard InChI is InChI=1S/C20H30N2O4/c1-15(2)17(16-3-4-18-19(13-16)26-12-11-25-18)14-20(23)21-5-6-22-7-9-24-10-8-22/h3-4,13,15,17H,5-12,14H2,1-2H3,(H,21,23). The third-order valence-electron chi connectivity index (χ3n) is 5.06. The van der Waals surface area contributed by atoms with E-state index in [9.17, 15) is 4.79 Å². The van der Waals surface area contributed by atoms with Crippen molar-refractivity contribution in [1.29, 1.82) is 0 Å². The van der Waals surface area contributed by atoms with E-state index in [0.29, 0.717) is 32.1 Å². The second-order valence-corrected chi connectivity index (χ2v) is 7.26. The number of carbonyl (C=O) groups is 1. The highest BCUT2D eigenvalue weighted by atomic mass is 16.6. The van der Waals surface area contributed by atoms with Gasteiger partial charge in [-0.15, -0.1) is 0 Å². The van der Waals surface area contributed by atoms with Crippen LogP contribution in [0.3, 0.4) is 0 Å². The van der Waals surface area contributed by atoms with Crippen LogP contribution < -0.4 is 14.8 Å². The maximum absolute atomic E-state index is 12.5. The maximum atomic E-state index is 12.5. The average molecular weight is 362 g/mol. The first-order valence-electron chi connectivity index (χ1n) is 9.60. The fourth-order valence-electron chi connectivity index (χ4n) is 3.48. The van der Waals surface area contributed by atoms with Gasteiger partial charge in [-0.1, -0.05) is 19.9 Å². The Kier molecular flexibility index (Phi) is 6.74. The molecule has 1 amide bonds. The number of fused-ring (bicyclic) bond motifs is 1. The number of nitrogens with one attached hydrogen (secondary N) is 1. The van der Waals surface area contributed by atoms with Gasteiger partial charge in [0.05, 0.1) is 13.2 Å². The Balaban J connectivity index is 1.53. The minimum atomic E-state index is 0.104. The van der Waals surface area contributed by atoms with Gasteiger partial charge in [-0.3, -0.25) is 9.69 Å². The van der Waals surface area contributed by atoms with Crippen LogP contribution >= 0.6 is 0 Å². The molecule has 0 radical (unpaired) electrons. The first-order valence-corrected chi connectivity index (χ1v) is 9.60. The third kappa shape index (κ3) is 5.11. The summed E-state index contributed by atoms with van der Waals surface area (Å²) in [7, 11) is 0. The van der Waals surface area contributed by atoms with Crippen molar-refractivity contribution < 1.29 is 19.0 Å². The fraction of sp³-hybridized carbons (Fsp3) is 0.650. The lowest BCUT2D eigenvalue weighted by atomic mass is 9.85. The summed E-state index contributed by atoms with van der Waals surface area (Å²) in [5.41, 5.74) is 1.13. The van der Waals surface area contributed by atoms with Gasteiger partial charge in [0.1, 0.15) is 13.2 Å². The summed E-state index contributed by atoms with van der Waals surface area (Å²) in [4.78, 5) is 14.8. The van der Waals surface area contributed by atoms with E-state index < -0.39 is 0 Å². The van der Waals surface area contributed by atoms with Gasteiger partial charge in [-0.25, -0.2) is 0 Å². The molecule has 1 saturated heterocycles. The van der Waals surface area contributed by atoms with Gasteiger partial charge in [0.15, 0.2) is 11.5 Å². The number of benzene rings is 1. The lowest BCUT2D eigenvalue weighted by Crippen LogP contribution is -2.41. The van der Waals surface area contributed by atoms with Crippen molar-refractivity contribution in [2.75, 3.05) is 52.6 Å². The number of hydrogen-bond donors (Lipinski definition) is 1. The molecule has 6 heteroatoms. The first-order chi connectivity index (χ1) is 12.6. The quantitative estimate of drug-likeness (QED) is 0.804. The molecule has 2 aliphatic rings. The zero-order chi connectivity index (χ0) is 18.4. The van der Waals surface area contributed by atoms with E-state index in [2.05, 4.69) is 30.1 Å². The number of morpholine rings is 1. The first kappa shape index (κ1) is 19.0. The Morgan fingerprint density at radius 2 is 1.85 bits per heavy atom. The van der Waals surface area contributed by atoms with E-state index in [1.807, 2.05) is 12.1 Å². The zero-order valence-electron chi connectivity index (χ0n) is 15.8. The summed E-state index contributed by atoms with van der Waals surface area (Å²) in [6.07, 6.45) is 0.487. The second-order valence-electron chi connectivity index (χ2n) is 7.26. The van der Waals surface area contributed by atoms with Gasteiger partial charge in [0.25, 0.3) is 0 Å². The van der Waals surface area contributed by atoms with E-state index in [1.165, 1.54) is 0 Å². The van der Waals surface area contributed by atoms with Gasteiger partial charge in [0.2, 0.25) is 5.91 Å². The van der Waals surface area contributed by atoms with Gasteiger partial charge in [-0.2, -0.15) is 0 Å². The number of hydrogen-bond acceptors (Lipinski definition) is 5. The van der Waals surface area contributed by atoms with Gasteiger partial charge in [-0.05, 0) is 29.5 Å². The highest BCUT2D eigenvalue weighted by Crippen LogP contribution is 2.36. The van der Waals surface area contributed by atoms with Crippen molar-refractivity contribution in [3.8, 4) is 11.5 Å². The minimum Gasteiger partial charge on any atom is -0.486 e. The molecule has 0 aliphatic carbocycles. The molecule has 0 saturated carbocycles. The molecule has 0 aromatic heterocycles. The van der Waals surface area contributed by atoms with Crippen molar-refractivity contribution >= 4 is 5.91 Å². The van der Waals surface area contributed by atoms with Crippen LogP contribution in [0.1, 0.15) is 31.7 Å². The molecular weight excluding hydrogens is 332 g/mol. The van der Waals surface area contributed by atoms with Crippen molar-refractivity contribution in [3.63, 3.8) is 0 Å². The van der Waals surface area contributed by atoms with Crippen LogP contribution in [0.25, 0.3) is 0 Å². The van der Waals surface area contributed by atoms with Crippen molar-refractivity contribution in [2.24, 2.45) is 5.92 Å². The zero-order valence-corrected chi connectivity index (χ0v) is 15.8. The monoisotopic (exact) mass is 362 g/mol. The normalized spacial score (nSPS) is 18.6. The summed E-state index contributed by atoms with van der Waals surface area (Å²) in [6, 6.07) is 6.04. The molecule has 1 aromatic rings. The molecule has 26 heavy (non-hydrogen) atoms. The van der Waals surface area contributed by atoms with Gasteiger partial charge < -0.3 is 19.5 Å². The topological polar surface area (TPSA) is 60.0 Å². The van der Waals surface area contributed by atoms with E-state index in [0.717, 1.165) is 49.9 Å². The molecule has 1 atom stereocenters. The molecule has 144 valence electrons. The summed E-state index contributed by atoms with van der Waals surface area (Å²) >= 11 is 0. The van der Waals surface area contributed by atoms with Crippen LogP contribution in [0.4, 0.5) is 0 Å². The van der Waals surface area contributed by atoms with Crippen molar-refractivity contribution in [2.45, 2.75) is 26.2 Å². The number of rotatable bonds is 7. The molecule has 1 unspecified atom stereocenters. The highest BCUT2D eigenvalue weighted by molar-refractivity contribution is 5.77. The molecule has 1 aromatic carbocycles. The third-order valence-corrected chi connectivity index (χ3v) is 5.06. The molecule has 6 nitrogen and oxygen atoms in total. The van der Waals surface area contributed by atoms with Crippen LogP contribution in [0.5, 0.6) is 11.5 Å². The van der Waals surface area contributed by atoms with Crippen LogP contribution in [-0.4, -0.2) is 63.4 Å². The number of ether oxygens (including phenoxy) is 3. The van der Waals surface area contributed by atoms with Crippen LogP contribution in [0.2, 0.25) is 0 Å². The maximum Gasteiger partial charge on any atom is 0.220 e. The average Bonchev–Trinajstić information content (AvgIpc) is 2.66. The largest absolute Gasteiger partial charge is 0.486 e. The molecule has 2 heterocycles. The Morgan fingerprint density at radius 3 is 2.58 bits per heavy atom. The van der Waals surface area contributed by atoms with E-state index in [-0.39, 0.29) is 11.8 Å². The molecule has 2 aliphatic heterocycles. The summed E-state index contributed by atoms with van der Waals surface area (Å²) in [6.45, 7) is 10.5. The van der Waals surface area contributed by atoms with E-state index >= 15 is 0 Å². The molecule has 3 rings (SSSR count). The van der Waals surface area contributed by atoms with Crippen molar-refractivity contribution in [1.82, 2.24) is 10.2 Å². The molecular formula is C20H30N2O4. The Hall–Kier alpha value is -1.79. The van der Waals surface area contributed by atoms with E-state index in [4.69, 9.17) is 14.2 Å². The number of amides is 1. The highest BCUT2D eigenvalue weighted by Gasteiger charge is 2.22. The van der Waals surface area contributed by atoms with Gasteiger partial charge in [0, 0.05) is 32.6 Å².